The van der Waals surface area contributed by atoms with E-state index in [9.17, 15) is 18.0 Å². The van der Waals surface area contributed by atoms with Crippen molar-refractivity contribution < 1.29 is 18.0 Å². The number of Topliss-reactive ketones (excluding diaryl/α,β-unsaturated/α-hetero) is 1. The molecule has 0 aliphatic rings. The van der Waals surface area contributed by atoms with Crippen LogP contribution in [0.3, 0.4) is 0 Å². The molecule has 2 N–H and O–H groups in total. The maximum atomic E-state index is 12.4. The van der Waals surface area contributed by atoms with Crippen molar-refractivity contribution >= 4 is 5.78 Å². The SMILES string of the molecule is CC(C)(N)C(=O)Cc1cccc(C(F)(F)F)c1. The Hall–Kier alpha value is -1.36. The normalized spacial score (nSPS) is 12.6. The predicted molar refractivity (Wildman–Crippen MR) is 58.4 cm³/mol. The van der Waals surface area contributed by atoms with E-state index in [4.69, 9.17) is 5.73 Å². The second kappa shape index (κ2) is 4.49. The van der Waals surface area contributed by atoms with Crippen LogP contribution in [0.1, 0.15) is 25.0 Å². The van der Waals surface area contributed by atoms with Gasteiger partial charge in [-0.15, -0.1) is 0 Å². The third kappa shape index (κ3) is 3.85. The molecule has 0 amide bonds. The molecule has 0 saturated carbocycles. The van der Waals surface area contributed by atoms with Crippen LogP contribution in [0, 0.1) is 0 Å². The number of ketones is 1. The Morgan fingerprint density at radius 3 is 2.35 bits per heavy atom. The Balaban J connectivity index is 2.91. The van der Waals surface area contributed by atoms with E-state index in [-0.39, 0.29) is 12.2 Å². The van der Waals surface area contributed by atoms with Gasteiger partial charge in [0.2, 0.25) is 0 Å². The van der Waals surface area contributed by atoms with E-state index in [2.05, 4.69) is 0 Å². The first-order valence-electron chi connectivity index (χ1n) is 5.09. The van der Waals surface area contributed by atoms with Crippen molar-refractivity contribution in [1.82, 2.24) is 0 Å². The van der Waals surface area contributed by atoms with Crippen LogP contribution in [0.5, 0.6) is 0 Å². The average Bonchev–Trinajstić information content (AvgIpc) is 2.15. The highest BCUT2D eigenvalue weighted by Gasteiger charge is 2.30. The highest BCUT2D eigenvalue weighted by atomic mass is 19.4. The lowest BCUT2D eigenvalue weighted by molar-refractivity contribution is -0.137. The molecule has 0 unspecified atom stereocenters. The number of carbonyl (C=O) groups is 1. The number of alkyl halides is 3. The molecule has 94 valence electrons. The molecule has 0 aliphatic carbocycles. The van der Waals surface area contributed by atoms with Crippen LogP contribution in [-0.4, -0.2) is 11.3 Å². The van der Waals surface area contributed by atoms with Crippen LogP contribution in [0.2, 0.25) is 0 Å². The van der Waals surface area contributed by atoms with Gasteiger partial charge in [-0.25, -0.2) is 0 Å². The molecule has 0 fully saturated rings. The second-order valence-corrected chi connectivity index (χ2v) is 4.52. The summed E-state index contributed by atoms with van der Waals surface area (Å²) in [6.45, 7) is 3.06. The fourth-order valence-electron chi connectivity index (χ4n) is 1.27. The van der Waals surface area contributed by atoms with Crippen molar-refractivity contribution in [3.8, 4) is 0 Å². The minimum Gasteiger partial charge on any atom is -0.319 e. The summed E-state index contributed by atoms with van der Waals surface area (Å²) in [5.41, 5.74) is 4.12. The fraction of sp³-hybridized carbons (Fsp3) is 0.417. The van der Waals surface area contributed by atoms with Gasteiger partial charge in [0, 0.05) is 6.42 Å². The summed E-state index contributed by atoms with van der Waals surface area (Å²) in [5, 5.41) is 0. The lowest BCUT2D eigenvalue weighted by atomic mass is 9.94. The Labute approximate surface area is 97.6 Å². The minimum atomic E-state index is -4.39. The highest BCUT2D eigenvalue weighted by Crippen LogP contribution is 2.29. The van der Waals surface area contributed by atoms with Crippen LogP contribution in [0.25, 0.3) is 0 Å². The number of hydrogen-bond acceptors (Lipinski definition) is 2. The molecule has 1 aromatic carbocycles. The van der Waals surface area contributed by atoms with Crippen molar-refractivity contribution in [2.24, 2.45) is 5.73 Å². The summed E-state index contributed by atoms with van der Waals surface area (Å²) in [7, 11) is 0. The first-order valence-corrected chi connectivity index (χ1v) is 5.09. The van der Waals surface area contributed by atoms with Crippen molar-refractivity contribution in [2.45, 2.75) is 32.0 Å². The molecule has 1 aromatic rings. The molecule has 0 radical (unpaired) electrons. The first kappa shape index (κ1) is 13.7. The molecular weight excluding hydrogens is 231 g/mol. The van der Waals surface area contributed by atoms with Gasteiger partial charge in [-0.1, -0.05) is 18.2 Å². The van der Waals surface area contributed by atoms with E-state index in [1.807, 2.05) is 0 Å². The molecule has 0 aliphatic heterocycles. The van der Waals surface area contributed by atoms with Gasteiger partial charge in [0.05, 0.1) is 11.1 Å². The summed E-state index contributed by atoms with van der Waals surface area (Å²) >= 11 is 0. The van der Waals surface area contributed by atoms with Gasteiger partial charge in [0.1, 0.15) is 0 Å². The summed E-state index contributed by atoms with van der Waals surface area (Å²) < 4.78 is 37.3. The lowest BCUT2D eigenvalue weighted by Crippen LogP contribution is -2.42. The lowest BCUT2D eigenvalue weighted by Gasteiger charge is -2.17. The maximum Gasteiger partial charge on any atom is 0.416 e. The Morgan fingerprint density at radius 1 is 1.29 bits per heavy atom. The van der Waals surface area contributed by atoms with Crippen LogP contribution >= 0.6 is 0 Å². The smallest absolute Gasteiger partial charge is 0.319 e. The molecule has 17 heavy (non-hydrogen) atoms. The molecular formula is C12H14F3NO. The summed E-state index contributed by atoms with van der Waals surface area (Å²) in [6, 6.07) is 4.72. The zero-order valence-electron chi connectivity index (χ0n) is 9.64. The minimum absolute atomic E-state index is 0.0899. The molecule has 0 heterocycles. The fourth-order valence-corrected chi connectivity index (χ4v) is 1.27. The maximum absolute atomic E-state index is 12.4. The van der Waals surface area contributed by atoms with Gasteiger partial charge in [-0.3, -0.25) is 4.79 Å². The Kier molecular flexibility index (Phi) is 3.62. The van der Waals surface area contributed by atoms with Gasteiger partial charge in [0.25, 0.3) is 0 Å². The third-order valence-corrected chi connectivity index (χ3v) is 2.34. The van der Waals surface area contributed by atoms with E-state index in [0.29, 0.717) is 5.56 Å². The van der Waals surface area contributed by atoms with Crippen molar-refractivity contribution in [2.75, 3.05) is 0 Å². The number of halogens is 3. The van der Waals surface area contributed by atoms with Crippen LogP contribution in [0.4, 0.5) is 13.2 Å². The van der Waals surface area contributed by atoms with Crippen LogP contribution in [0.15, 0.2) is 24.3 Å². The zero-order valence-corrected chi connectivity index (χ0v) is 9.64. The molecule has 0 saturated heterocycles. The van der Waals surface area contributed by atoms with Gasteiger partial charge < -0.3 is 5.73 Å². The Bertz CT molecular complexity index is 418. The number of hydrogen-bond donors (Lipinski definition) is 1. The molecule has 0 atom stereocenters. The number of benzene rings is 1. The zero-order chi connectivity index (χ0) is 13.3. The monoisotopic (exact) mass is 245 g/mol. The molecule has 2 nitrogen and oxygen atoms in total. The summed E-state index contributed by atoms with van der Waals surface area (Å²) in [6.07, 6.45) is -4.48. The average molecular weight is 245 g/mol. The van der Waals surface area contributed by atoms with E-state index >= 15 is 0 Å². The molecule has 0 aromatic heterocycles. The van der Waals surface area contributed by atoms with Gasteiger partial charge in [-0.05, 0) is 25.5 Å². The van der Waals surface area contributed by atoms with Crippen molar-refractivity contribution in [3.63, 3.8) is 0 Å². The number of nitrogens with two attached hydrogens (primary N) is 1. The molecule has 1 rings (SSSR count). The van der Waals surface area contributed by atoms with E-state index in [0.717, 1.165) is 12.1 Å². The van der Waals surface area contributed by atoms with Crippen molar-refractivity contribution in [3.05, 3.63) is 35.4 Å². The number of rotatable bonds is 3. The van der Waals surface area contributed by atoms with Gasteiger partial charge >= 0.3 is 6.18 Å². The largest absolute Gasteiger partial charge is 0.416 e. The molecule has 0 spiro atoms. The second-order valence-electron chi connectivity index (χ2n) is 4.52. The topological polar surface area (TPSA) is 43.1 Å². The highest BCUT2D eigenvalue weighted by molar-refractivity contribution is 5.89. The van der Waals surface area contributed by atoms with Crippen LogP contribution < -0.4 is 5.73 Å². The predicted octanol–water partition coefficient (Wildman–Crippen LogP) is 2.55. The third-order valence-electron chi connectivity index (χ3n) is 2.34. The molecule has 5 heteroatoms. The van der Waals surface area contributed by atoms with E-state index in [1.165, 1.54) is 26.0 Å². The van der Waals surface area contributed by atoms with Crippen LogP contribution in [-0.2, 0) is 17.4 Å². The molecule has 0 bridgehead atoms. The number of carbonyl (C=O) groups excluding carboxylic acids is 1. The van der Waals surface area contributed by atoms with E-state index in [1.54, 1.807) is 0 Å². The van der Waals surface area contributed by atoms with Gasteiger partial charge in [-0.2, -0.15) is 13.2 Å². The first-order chi connectivity index (χ1) is 7.60. The summed E-state index contributed by atoms with van der Waals surface area (Å²) in [5.74, 6) is -0.295. The Morgan fingerprint density at radius 2 is 1.88 bits per heavy atom. The van der Waals surface area contributed by atoms with E-state index < -0.39 is 17.3 Å². The standard InChI is InChI=1S/C12H14F3NO/c1-11(2,16)10(17)7-8-4-3-5-9(6-8)12(13,14)15/h3-6H,7,16H2,1-2H3. The van der Waals surface area contributed by atoms with Crippen molar-refractivity contribution in [1.29, 1.82) is 0 Å². The quantitative estimate of drug-likeness (QED) is 0.889. The summed E-state index contributed by atoms with van der Waals surface area (Å²) in [4.78, 5) is 11.6. The van der Waals surface area contributed by atoms with Gasteiger partial charge in [0.15, 0.2) is 5.78 Å².